The van der Waals surface area contributed by atoms with Crippen LogP contribution < -0.4 is 5.32 Å². The van der Waals surface area contributed by atoms with Gasteiger partial charge in [0.25, 0.3) is 0 Å². The molecule has 0 radical (unpaired) electrons. The molecule has 0 aromatic carbocycles. The van der Waals surface area contributed by atoms with Gasteiger partial charge in [0.2, 0.25) is 0 Å². The number of nitrogens with zero attached hydrogens (tertiary/aromatic N) is 2. The van der Waals surface area contributed by atoms with Crippen LogP contribution in [0.2, 0.25) is 0 Å². The third-order valence-electron chi connectivity index (χ3n) is 3.23. The zero-order valence-electron chi connectivity index (χ0n) is 10.8. The van der Waals surface area contributed by atoms with Crippen molar-refractivity contribution in [1.29, 1.82) is 0 Å². The Balaban J connectivity index is 1.82. The van der Waals surface area contributed by atoms with Gasteiger partial charge in [0.15, 0.2) is 11.6 Å². The summed E-state index contributed by atoms with van der Waals surface area (Å²) in [5.41, 5.74) is 0.460. The fourth-order valence-electron chi connectivity index (χ4n) is 2.16. The molecule has 0 spiro atoms. The van der Waals surface area contributed by atoms with Gasteiger partial charge < -0.3 is 10.1 Å². The number of aryl methyl sites for hydroxylation is 1. The van der Waals surface area contributed by atoms with E-state index in [1.807, 2.05) is 6.92 Å². The molecule has 1 unspecified atom stereocenters. The summed E-state index contributed by atoms with van der Waals surface area (Å²) in [5, 5.41) is 3.03. The van der Waals surface area contributed by atoms with Crippen molar-refractivity contribution in [2.45, 2.75) is 45.1 Å². The van der Waals surface area contributed by atoms with Crippen LogP contribution in [0, 0.1) is 5.82 Å². The van der Waals surface area contributed by atoms with E-state index in [-0.39, 0.29) is 5.82 Å². The molecule has 0 saturated carbocycles. The van der Waals surface area contributed by atoms with E-state index in [1.165, 1.54) is 12.7 Å². The van der Waals surface area contributed by atoms with Gasteiger partial charge in [-0.05, 0) is 32.1 Å². The number of hydrogen-bond acceptors (Lipinski definition) is 4. The number of anilines is 1. The molecule has 4 nitrogen and oxygen atoms in total. The third-order valence-corrected chi connectivity index (χ3v) is 3.23. The summed E-state index contributed by atoms with van der Waals surface area (Å²) in [5.74, 6) is -0.0257. The highest BCUT2D eigenvalue weighted by Crippen LogP contribution is 2.17. The Morgan fingerprint density at radius 2 is 2.33 bits per heavy atom. The van der Waals surface area contributed by atoms with Gasteiger partial charge in [0.1, 0.15) is 6.33 Å². The Kier molecular flexibility index (Phi) is 4.87. The van der Waals surface area contributed by atoms with E-state index in [2.05, 4.69) is 15.3 Å². The number of hydrogen-bond donors (Lipinski definition) is 1. The van der Waals surface area contributed by atoms with Gasteiger partial charge in [-0.15, -0.1) is 0 Å². The molecule has 1 aliphatic heterocycles. The summed E-state index contributed by atoms with van der Waals surface area (Å²) in [6.07, 6.45) is 6.67. The summed E-state index contributed by atoms with van der Waals surface area (Å²) in [6.45, 7) is 3.42. The maximum absolute atomic E-state index is 13.8. The topological polar surface area (TPSA) is 47.0 Å². The number of ether oxygens (including phenoxy) is 1. The predicted molar refractivity (Wildman–Crippen MR) is 68.1 cm³/mol. The maximum atomic E-state index is 13.8. The second kappa shape index (κ2) is 6.64. The van der Waals surface area contributed by atoms with Crippen molar-refractivity contribution >= 4 is 5.82 Å². The van der Waals surface area contributed by atoms with Gasteiger partial charge in [-0.3, -0.25) is 0 Å². The highest BCUT2D eigenvalue weighted by atomic mass is 19.1. The lowest BCUT2D eigenvalue weighted by Gasteiger charge is -2.22. The highest BCUT2D eigenvalue weighted by molar-refractivity contribution is 5.37. The molecule has 1 N–H and O–H groups in total. The first-order chi connectivity index (χ1) is 8.81. The molecule has 1 aliphatic rings. The first-order valence-electron chi connectivity index (χ1n) is 6.66. The monoisotopic (exact) mass is 253 g/mol. The number of rotatable bonds is 5. The van der Waals surface area contributed by atoms with Crippen LogP contribution in [-0.2, 0) is 11.2 Å². The average Bonchev–Trinajstić information content (AvgIpc) is 2.42. The van der Waals surface area contributed by atoms with Crippen molar-refractivity contribution in [3.63, 3.8) is 0 Å². The Morgan fingerprint density at radius 1 is 1.44 bits per heavy atom. The first-order valence-corrected chi connectivity index (χ1v) is 6.66. The lowest BCUT2D eigenvalue weighted by Crippen LogP contribution is -2.22. The van der Waals surface area contributed by atoms with Crippen molar-refractivity contribution in [1.82, 2.24) is 9.97 Å². The van der Waals surface area contributed by atoms with E-state index in [0.717, 1.165) is 25.9 Å². The van der Waals surface area contributed by atoms with Gasteiger partial charge in [-0.25, -0.2) is 14.4 Å². The van der Waals surface area contributed by atoms with Crippen molar-refractivity contribution < 1.29 is 9.13 Å². The van der Waals surface area contributed by atoms with Crippen molar-refractivity contribution in [2.75, 3.05) is 18.5 Å². The lowest BCUT2D eigenvalue weighted by molar-refractivity contribution is 0.0134. The molecule has 1 atom stereocenters. The van der Waals surface area contributed by atoms with E-state index < -0.39 is 0 Å². The molecule has 18 heavy (non-hydrogen) atoms. The molecule has 100 valence electrons. The Hall–Kier alpha value is -1.23. The van der Waals surface area contributed by atoms with Crippen LogP contribution in [0.4, 0.5) is 10.2 Å². The molecule has 2 heterocycles. The molecule has 1 saturated heterocycles. The van der Waals surface area contributed by atoms with Crippen LogP contribution in [0.15, 0.2) is 6.33 Å². The highest BCUT2D eigenvalue weighted by Gasteiger charge is 2.14. The first kappa shape index (κ1) is 13.2. The second-order valence-corrected chi connectivity index (χ2v) is 4.54. The van der Waals surface area contributed by atoms with Gasteiger partial charge in [-0.1, -0.05) is 6.92 Å². The molecule has 0 amide bonds. The van der Waals surface area contributed by atoms with Crippen LogP contribution in [0.5, 0.6) is 0 Å². The molecular formula is C13H20FN3O. The normalized spacial score (nSPS) is 19.8. The summed E-state index contributed by atoms with van der Waals surface area (Å²) in [6, 6.07) is 0. The summed E-state index contributed by atoms with van der Waals surface area (Å²) in [4.78, 5) is 7.84. The minimum atomic E-state index is -0.329. The maximum Gasteiger partial charge on any atom is 0.186 e. The minimum Gasteiger partial charge on any atom is -0.378 e. The second-order valence-electron chi connectivity index (χ2n) is 4.54. The number of aromatic nitrogens is 2. The molecule has 0 bridgehead atoms. The smallest absolute Gasteiger partial charge is 0.186 e. The molecule has 0 aliphatic carbocycles. The van der Waals surface area contributed by atoms with Gasteiger partial charge in [0, 0.05) is 13.2 Å². The van der Waals surface area contributed by atoms with Gasteiger partial charge >= 0.3 is 0 Å². The zero-order valence-corrected chi connectivity index (χ0v) is 10.8. The molecule has 1 aromatic rings. The summed E-state index contributed by atoms with van der Waals surface area (Å²) >= 11 is 0. The van der Waals surface area contributed by atoms with Crippen LogP contribution >= 0.6 is 0 Å². The zero-order chi connectivity index (χ0) is 12.8. The van der Waals surface area contributed by atoms with Crippen LogP contribution in [0.25, 0.3) is 0 Å². The largest absolute Gasteiger partial charge is 0.378 e. The van der Waals surface area contributed by atoms with E-state index in [4.69, 9.17) is 4.74 Å². The Labute approximate surface area is 107 Å². The summed E-state index contributed by atoms with van der Waals surface area (Å²) < 4.78 is 19.4. The van der Waals surface area contributed by atoms with Gasteiger partial charge in [-0.2, -0.15) is 0 Å². The van der Waals surface area contributed by atoms with Crippen molar-refractivity contribution in [3.05, 3.63) is 17.8 Å². The average molecular weight is 253 g/mol. The third kappa shape index (κ3) is 3.38. The number of nitrogens with one attached hydrogen (secondary N) is 1. The molecular weight excluding hydrogens is 233 g/mol. The molecule has 1 aromatic heterocycles. The number of halogens is 1. The van der Waals surface area contributed by atoms with Crippen molar-refractivity contribution in [2.24, 2.45) is 0 Å². The predicted octanol–water partition coefficient (Wildman–Crippen LogP) is 2.55. The molecule has 2 rings (SSSR count). The fourth-order valence-corrected chi connectivity index (χ4v) is 2.16. The standard InChI is InChI=1S/C13H20FN3O/c1-2-11-12(14)13(17-9-16-11)15-7-6-10-5-3-4-8-18-10/h9-10H,2-8H2,1H3,(H,15,16,17). The lowest BCUT2D eigenvalue weighted by atomic mass is 10.1. The van der Waals surface area contributed by atoms with Crippen LogP contribution in [0.1, 0.15) is 38.3 Å². The van der Waals surface area contributed by atoms with E-state index >= 15 is 0 Å². The Morgan fingerprint density at radius 3 is 3.06 bits per heavy atom. The quantitative estimate of drug-likeness (QED) is 0.876. The van der Waals surface area contributed by atoms with Crippen LogP contribution in [0.3, 0.4) is 0 Å². The SMILES string of the molecule is CCc1ncnc(NCCC2CCCCO2)c1F. The Bertz CT molecular complexity index is 380. The van der Waals surface area contributed by atoms with Gasteiger partial charge in [0.05, 0.1) is 11.8 Å². The fraction of sp³-hybridized carbons (Fsp3) is 0.692. The van der Waals surface area contributed by atoms with E-state index in [0.29, 0.717) is 30.6 Å². The molecule has 5 heteroatoms. The van der Waals surface area contributed by atoms with Crippen molar-refractivity contribution in [3.8, 4) is 0 Å². The minimum absolute atomic E-state index is 0.303. The van der Waals surface area contributed by atoms with E-state index in [9.17, 15) is 4.39 Å². The molecule has 1 fully saturated rings. The van der Waals surface area contributed by atoms with Crippen LogP contribution in [-0.4, -0.2) is 29.2 Å². The summed E-state index contributed by atoms with van der Waals surface area (Å²) in [7, 11) is 0. The van der Waals surface area contributed by atoms with E-state index in [1.54, 1.807) is 0 Å².